The Morgan fingerprint density at radius 2 is 2.03 bits per heavy atom. The van der Waals surface area contributed by atoms with Crippen LogP contribution in [-0.4, -0.2) is 55.8 Å². The largest absolute Gasteiger partial charge is 0.494 e. The third-order valence-corrected chi connectivity index (χ3v) is 6.86. The van der Waals surface area contributed by atoms with Crippen LogP contribution < -0.4 is 9.64 Å². The van der Waals surface area contributed by atoms with Crippen molar-refractivity contribution < 1.29 is 32.2 Å². The van der Waals surface area contributed by atoms with E-state index in [9.17, 15) is 27.5 Å². The van der Waals surface area contributed by atoms with E-state index < -0.39 is 28.5 Å². The Kier molecular flexibility index (Phi) is 6.16. The zero-order valence-corrected chi connectivity index (χ0v) is 18.4. The summed E-state index contributed by atoms with van der Waals surface area (Å²) in [5.74, 6) is -1.07. The minimum absolute atomic E-state index is 0.0229. The van der Waals surface area contributed by atoms with Gasteiger partial charge in [-0.15, -0.1) is 0 Å². The van der Waals surface area contributed by atoms with E-state index in [2.05, 4.69) is 0 Å². The molecule has 2 heterocycles. The summed E-state index contributed by atoms with van der Waals surface area (Å²) in [7, 11) is 1.33. The average molecular weight is 477 g/mol. The van der Waals surface area contributed by atoms with Gasteiger partial charge >= 0.3 is 6.18 Å². The second kappa shape index (κ2) is 8.80. The van der Waals surface area contributed by atoms with E-state index >= 15 is 0 Å². The summed E-state index contributed by atoms with van der Waals surface area (Å²) in [5.41, 5.74) is -1.72. The fraction of sp³-hybridized carbons (Fsp3) is 0.417. The maximum absolute atomic E-state index is 14.1. The van der Waals surface area contributed by atoms with Crippen LogP contribution in [0.5, 0.6) is 5.75 Å². The average Bonchev–Trinajstić information content (AvgIpc) is 3.22. The standard InChI is InChI=1S/C24H23F4N3O3/c1-34-21-5-3-15(8-20(21)25)22(33)31-11-17-6-7-30(12-23(17,13-31)14-32)18-4-2-16(10-29)19(9-18)24(26,27)28/h2-5,8-9,17,32H,6-7,11-14H2,1H3/t17-,23+/m1/s1. The number of aliphatic hydroxyl groups is 1. The maximum atomic E-state index is 14.1. The molecule has 1 amide bonds. The topological polar surface area (TPSA) is 76.8 Å². The summed E-state index contributed by atoms with van der Waals surface area (Å²) >= 11 is 0. The van der Waals surface area contributed by atoms with Crippen LogP contribution in [0.2, 0.25) is 0 Å². The summed E-state index contributed by atoms with van der Waals surface area (Å²) in [4.78, 5) is 16.4. The van der Waals surface area contributed by atoms with E-state index in [0.717, 1.165) is 18.2 Å². The number of rotatable bonds is 4. The molecular weight excluding hydrogens is 454 g/mol. The first-order valence-corrected chi connectivity index (χ1v) is 10.7. The summed E-state index contributed by atoms with van der Waals surface area (Å²) in [6.07, 6.45) is -4.11. The molecule has 4 rings (SSSR count). The predicted molar refractivity (Wildman–Crippen MR) is 115 cm³/mol. The van der Waals surface area contributed by atoms with Crippen molar-refractivity contribution in [3.8, 4) is 11.8 Å². The Balaban J connectivity index is 1.57. The van der Waals surface area contributed by atoms with Crippen molar-refractivity contribution >= 4 is 11.6 Å². The molecular formula is C24H23F4N3O3. The van der Waals surface area contributed by atoms with E-state index in [4.69, 9.17) is 10.00 Å². The fourth-order valence-corrected chi connectivity index (χ4v) is 5.03. The Labute approximate surface area is 193 Å². The Morgan fingerprint density at radius 3 is 2.65 bits per heavy atom. The molecule has 10 heteroatoms. The monoisotopic (exact) mass is 477 g/mol. The number of nitriles is 1. The number of fused-ring (bicyclic) bond motifs is 1. The highest BCUT2D eigenvalue weighted by Gasteiger charge is 2.51. The van der Waals surface area contributed by atoms with Crippen LogP contribution in [0, 0.1) is 28.5 Å². The second-order valence-electron chi connectivity index (χ2n) is 8.80. The number of halogens is 4. The summed E-state index contributed by atoms with van der Waals surface area (Å²) < 4.78 is 59.3. The highest BCUT2D eigenvalue weighted by Crippen LogP contribution is 2.44. The van der Waals surface area contributed by atoms with E-state index in [1.807, 2.05) is 0 Å². The highest BCUT2D eigenvalue weighted by molar-refractivity contribution is 5.94. The molecule has 0 spiro atoms. The normalized spacial score (nSPS) is 22.3. The van der Waals surface area contributed by atoms with Crippen LogP contribution in [0.25, 0.3) is 0 Å². The Morgan fingerprint density at radius 1 is 1.26 bits per heavy atom. The Bertz CT molecular complexity index is 1150. The molecule has 0 aliphatic carbocycles. The molecule has 0 saturated carbocycles. The van der Waals surface area contributed by atoms with Crippen molar-refractivity contribution in [3.63, 3.8) is 0 Å². The first kappa shape index (κ1) is 23.8. The van der Waals surface area contributed by atoms with Gasteiger partial charge in [0.1, 0.15) is 0 Å². The van der Waals surface area contributed by atoms with Crippen molar-refractivity contribution in [2.45, 2.75) is 12.6 Å². The van der Waals surface area contributed by atoms with Gasteiger partial charge in [0.15, 0.2) is 11.6 Å². The number of methoxy groups -OCH3 is 1. The molecule has 0 radical (unpaired) electrons. The third-order valence-electron chi connectivity index (χ3n) is 6.86. The molecule has 2 aromatic carbocycles. The number of hydrogen-bond donors (Lipinski definition) is 1. The summed E-state index contributed by atoms with van der Waals surface area (Å²) in [6, 6.07) is 9.11. The number of hydrogen-bond acceptors (Lipinski definition) is 5. The second-order valence-corrected chi connectivity index (χ2v) is 8.80. The molecule has 2 fully saturated rings. The van der Waals surface area contributed by atoms with E-state index in [1.54, 1.807) is 15.9 Å². The lowest BCUT2D eigenvalue weighted by Gasteiger charge is -2.44. The van der Waals surface area contributed by atoms with E-state index in [-0.39, 0.29) is 42.8 Å². The fourth-order valence-electron chi connectivity index (χ4n) is 5.03. The molecule has 6 nitrogen and oxygen atoms in total. The molecule has 0 unspecified atom stereocenters. The molecule has 0 bridgehead atoms. The van der Waals surface area contributed by atoms with Crippen LogP contribution in [0.15, 0.2) is 36.4 Å². The number of anilines is 1. The number of ether oxygens (including phenoxy) is 1. The van der Waals surface area contributed by atoms with Gasteiger partial charge in [-0.2, -0.15) is 18.4 Å². The van der Waals surface area contributed by atoms with Gasteiger partial charge in [-0.05, 0) is 48.7 Å². The minimum atomic E-state index is -4.67. The molecule has 2 aliphatic rings. The van der Waals surface area contributed by atoms with E-state index in [1.165, 1.54) is 25.3 Å². The number of nitrogens with zero attached hydrogens (tertiary/aromatic N) is 3. The quantitative estimate of drug-likeness (QED) is 0.680. The van der Waals surface area contributed by atoms with Crippen LogP contribution in [0.1, 0.15) is 27.9 Å². The molecule has 2 aromatic rings. The van der Waals surface area contributed by atoms with Gasteiger partial charge in [-0.25, -0.2) is 4.39 Å². The van der Waals surface area contributed by atoms with E-state index in [0.29, 0.717) is 25.2 Å². The van der Waals surface area contributed by atoms with Crippen molar-refractivity contribution in [1.82, 2.24) is 4.90 Å². The van der Waals surface area contributed by atoms with Gasteiger partial charge in [0.2, 0.25) is 0 Å². The summed E-state index contributed by atoms with van der Waals surface area (Å²) in [6.45, 7) is 0.992. The van der Waals surface area contributed by atoms with Gasteiger partial charge in [0.05, 0.1) is 30.9 Å². The summed E-state index contributed by atoms with van der Waals surface area (Å²) in [5, 5.41) is 19.3. The lowest BCUT2D eigenvalue weighted by molar-refractivity contribution is -0.137. The van der Waals surface area contributed by atoms with Crippen LogP contribution in [-0.2, 0) is 6.18 Å². The molecule has 2 saturated heterocycles. The van der Waals surface area contributed by atoms with Gasteiger partial charge < -0.3 is 19.6 Å². The van der Waals surface area contributed by atoms with Crippen molar-refractivity contribution in [1.29, 1.82) is 5.26 Å². The maximum Gasteiger partial charge on any atom is 0.417 e. The predicted octanol–water partition coefficient (Wildman–Crippen LogP) is 3.69. The first-order chi connectivity index (χ1) is 16.1. The molecule has 0 aromatic heterocycles. The zero-order chi connectivity index (χ0) is 24.7. The smallest absolute Gasteiger partial charge is 0.417 e. The highest BCUT2D eigenvalue weighted by atomic mass is 19.4. The number of benzene rings is 2. The number of carbonyl (C=O) groups is 1. The Hall–Kier alpha value is -3.32. The zero-order valence-electron chi connectivity index (χ0n) is 18.4. The van der Waals surface area contributed by atoms with Gasteiger partial charge in [0.25, 0.3) is 5.91 Å². The lowest BCUT2D eigenvalue weighted by atomic mass is 9.74. The number of alkyl halides is 3. The SMILES string of the molecule is COc1ccc(C(=O)N2C[C@H]3CCN(c4ccc(C#N)c(C(F)(F)F)c4)C[C@@]3(CO)C2)cc1F. The van der Waals surface area contributed by atoms with Crippen LogP contribution in [0.4, 0.5) is 23.2 Å². The molecule has 2 aliphatic heterocycles. The van der Waals surface area contributed by atoms with Gasteiger partial charge in [-0.1, -0.05) is 0 Å². The van der Waals surface area contributed by atoms with Crippen LogP contribution in [0.3, 0.4) is 0 Å². The number of carbonyl (C=O) groups excluding carboxylic acids is 1. The molecule has 34 heavy (non-hydrogen) atoms. The molecule has 2 atom stereocenters. The van der Waals surface area contributed by atoms with Gasteiger partial charge in [0, 0.05) is 42.8 Å². The van der Waals surface area contributed by atoms with Gasteiger partial charge in [-0.3, -0.25) is 4.79 Å². The number of aliphatic hydroxyl groups excluding tert-OH is 1. The van der Waals surface area contributed by atoms with Crippen molar-refractivity contribution in [3.05, 3.63) is 58.9 Å². The number of likely N-dealkylation sites (tertiary alicyclic amines) is 1. The lowest BCUT2D eigenvalue weighted by Crippen LogP contribution is -2.51. The number of piperidine rings is 1. The first-order valence-electron chi connectivity index (χ1n) is 10.7. The third kappa shape index (κ3) is 4.16. The molecule has 1 N–H and O–H groups in total. The molecule has 180 valence electrons. The number of amides is 1. The van der Waals surface area contributed by atoms with Crippen LogP contribution >= 0.6 is 0 Å². The minimum Gasteiger partial charge on any atom is -0.494 e. The van der Waals surface area contributed by atoms with Crippen molar-refractivity contribution in [2.75, 3.05) is 44.8 Å². The van der Waals surface area contributed by atoms with Crippen molar-refractivity contribution in [2.24, 2.45) is 11.3 Å².